The predicted molar refractivity (Wildman–Crippen MR) is 119 cm³/mol. The zero-order valence-corrected chi connectivity index (χ0v) is 18.3. The Labute approximate surface area is 183 Å². The molecule has 2 amide bonds. The highest BCUT2D eigenvalue weighted by molar-refractivity contribution is 5.90. The fraction of sp³-hybridized carbons (Fsp3) is 0.375. The highest BCUT2D eigenvalue weighted by Crippen LogP contribution is 2.22. The molecule has 2 aromatic rings. The van der Waals surface area contributed by atoms with E-state index in [9.17, 15) is 14.4 Å². The van der Waals surface area contributed by atoms with Gasteiger partial charge in [-0.2, -0.15) is 0 Å². The number of carbonyl (C=O) groups excluding carboxylic acids is 3. The molecule has 1 heterocycles. The van der Waals surface area contributed by atoms with Crippen LogP contribution < -0.4 is 5.32 Å². The van der Waals surface area contributed by atoms with Crippen LogP contribution in [0.15, 0.2) is 48.5 Å². The second-order valence-electron chi connectivity index (χ2n) is 7.83. The number of piperazine rings is 1. The molecule has 31 heavy (non-hydrogen) atoms. The van der Waals surface area contributed by atoms with Gasteiger partial charge in [0, 0.05) is 52.3 Å². The molecule has 1 saturated heterocycles. The highest BCUT2D eigenvalue weighted by atomic mass is 16.5. The van der Waals surface area contributed by atoms with Gasteiger partial charge in [0.1, 0.15) is 6.10 Å². The second kappa shape index (κ2) is 10.2. The Morgan fingerprint density at radius 1 is 1.00 bits per heavy atom. The Balaban J connectivity index is 1.54. The van der Waals surface area contributed by atoms with Gasteiger partial charge in [-0.25, -0.2) is 4.79 Å². The lowest BCUT2D eigenvalue weighted by atomic mass is 10.1. The highest BCUT2D eigenvalue weighted by Gasteiger charge is 2.19. The first-order valence-electron chi connectivity index (χ1n) is 10.5. The van der Waals surface area contributed by atoms with Gasteiger partial charge in [0.05, 0.1) is 5.56 Å². The number of amides is 2. The molecule has 0 aromatic heterocycles. The number of nitrogens with zero attached hydrogens (tertiary/aromatic N) is 2. The van der Waals surface area contributed by atoms with Crippen LogP contribution >= 0.6 is 0 Å². The quantitative estimate of drug-likeness (QED) is 0.722. The number of benzene rings is 2. The molecule has 164 valence electrons. The minimum absolute atomic E-state index is 0.124. The lowest BCUT2D eigenvalue weighted by molar-refractivity contribution is -0.130. The molecule has 1 aliphatic rings. The summed E-state index contributed by atoms with van der Waals surface area (Å²) in [5, 5.41) is 2.73. The van der Waals surface area contributed by atoms with E-state index in [4.69, 9.17) is 4.74 Å². The average molecular weight is 424 g/mol. The standard InChI is InChI=1S/C24H29N3O4/c1-17(22-5-4-6-23(15-22)25-18(2)28)31-24(30)21-9-7-20(8-10-21)16-26-11-13-27(14-12-26)19(3)29/h4-10,15,17H,11-14,16H2,1-3H3,(H,25,28)/t17-/m0/s1. The minimum atomic E-state index is -0.446. The maximum atomic E-state index is 12.6. The number of anilines is 1. The molecule has 1 atom stereocenters. The summed E-state index contributed by atoms with van der Waals surface area (Å²) in [4.78, 5) is 39.4. The fourth-order valence-electron chi connectivity index (χ4n) is 3.59. The third kappa shape index (κ3) is 6.39. The summed E-state index contributed by atoms with van der Waals surface area (Å²) in [6.07, 6.45) is -0.446. The van der Waals surface area contributed by atoms with Crippen molar-refractivity contribution in [2.45, 2.75) is 33.4 Å². The largest absolute Gasteiger partial charge is 0.454 e. The zero-order valence-electron chi connectivity index (χ0n) is 18.3. The SMILES string of the molecule is CC(=O)Nc1cccc([C@H](C)OC(=O)c2ccc(CN3CCN(C(C)=O)CC3)cc2)c1. The summed E-state index contributed by atoms with van der Waals surface area (Å²) in [6, 6.07) is 14.7. The average Bonchev–Trinajstić information content (AvgIpc) is 2.74. The summed E-state index contributed by atoms with van der Waals surface area (Å²) in [7, 11) is 0. The van der Waals surface area contributed by atoms with Crippen molar-refractivity contribution in [3.63, 3.8) is 0 Å². The molecule has 0 unspecified atom stereocenters. The van der Waals surface area contributed by atoms with Crippen LogP contribution in [0.4, 0.5) is 5.69 Å². The number of hydrogen-bond acceptors (Lipinski definition) is 5. The van der Waals surface area contributed by atoms with Crippen molar-refractivity contribution in [2.75, 3.05) is 31.5 Å². The van der Waals surface area contributed by atoms with Crippen molar-refractivity contribution in [3.8, 4) is 0 Å². The van der Waals surface area contributed by atoms with E-state index in [1.807, 2.05) is 29.2 Å². The molecular weight excluding hydrogens is 394 g/mol. The molecule has 0 bridgehead atoms. The number of rotatable bonds is 6. The van der Waals surface area contributed by atoms with Gasteiger partial charge in [-0.3, -0.25) is 14.5 Å². The molecule has 1 fully saturated rings. The van der Waals surface area contributed by atoms with Gasteiger partial charge in [0.15, 0.2) is 0 Å². The molecule has 7 nitrogen and oxygen atoms in total. The number of ether oxygens (including phenoxy) is 1. The normalized spacial score (nSPS) is 15.3. The maximum Gasteiger partial charge on any atom is 0.338 e. The Morgan fingerprint density at radius 2 is 1.68 bits per heavy atom. The van der Waals surface area contributed by atoms with Gasteiger partial charge >= 0.3 is 5.97 Å². The molecule has 3 rings (SSSR count). The van der Waals surface area contributed by atoms with Gasteiger partial charge in [-0.15, -0.1) is 0 Å². The first kappa shape index (κ1) is 22.5. The zero-order chi connectivity index (χ0) is 22.4. The summed E-state index contributed by atoms with van der Waals surface area (Å²) in [5.74, 6) is -0.416. The van der Waals surface area contributed by atoms with Crippen molar-refractivity contribution in [2.24, 2.45) is 0 Å². The van der Waals surface area contributed by atoms with Crippen LogP contribution in [0.1, 0.15) is 48.4 Å². The van der Waals surface area contributed by atoms with Crippen molar-refractivity contribution in [1.29, 1.82) is 0 Å². The Bertz CT molecular complexity index is 934. The van der Waals surface area contributed by atoms with Crippen molar-refractivity contribution >= 4 is 23.5 Å². The first-order valence-corrected chi connectivity index (χ1v) is 10.5. The van der Waals surface area contributed by atoms with E-state index >= 15 is 0 Å². The number of esters is 1. The molecule has 0 radical (unpaired) electrons. The van der Waals surface area contributed by atoms with Crippen LogP contribution in [0.5, 0.6) is 0 Å². The van der Waals surface area contributed by atoms with Crippen molar-refractivity contribution < 1.29 is 19.1 Å². The number of carbonyl (C=O) groups is 3. The van der Waals surface area contributed by atoms with Gasteiger partial charge < -0.3 is 15.0 Å². The van der Waals surface area contributed by atoms with E-state index in [-0.39, 0.29) is 17.8 Å². The molecule has 0 spiro atoms. The van der Waals surface area contributed by atoms with E-state index in [2.05, 4.69) is 10.2 Å². The lowest BCUT2D eigenvalue weighted by Crippen LogP contribution is -2.47. The smallest absolute Gasteiger partial charge is 0.338 e. The Hall–Kier alpha value is -3.19. The van der Waals surface area contributed by atoms with Crippen LogP contribution in [0.25, 0.3) is 0 Å². The second-order valence-corrected chi connectivity index (χ2v) is 7.83. The molecule has 1 N–H and O–H groups in total. The van der Waals surface area contributed by atoms with Gasteiger partial charge in [0.2, 0.25) is 11.8 Å². The first-order chi connectivity index (χ1) is 14.8. The van der Waals surface area contributed by atoms with Gasteiger partial charge in [0.25, 0.3) is 0 Å². The molecule has 7 heteroatoms. The summed E-state index contributed by atoms with van der Waals surface area (Å²) in [6.45, 7) is 8.84. The monoisotopic (exact) mass is 423 g/mol. The predicted octanol–water partition coefficient (Wildman–Crippen LogP) is 3.23. The van der Waals surface area contributed by atoms with Crippen LogP contribution in [-0.4, -0.2) is 53.8 Å². The topological polar surface area (TPSA) is 79.0 Å². The summed E-state index contributed by atoms with van der Waals surface area (Å²) < 4.78 is 5.61. The van der Waals surface area contributed by atoms with Crippen molar-refractivity contribution in [1.82, 2.24) is 9.80 Å². The van der Waals surface area contributed by atoms with Crippen LogP contribution in [-0.2, 0) is 20.9 Å². The van der Waals surface area contributed by atoms with Crippen molar-refractivity contribution in [3.05, 3.63) is 65.2 Å². The third-order valence-electron chi connectivity index (χ3n) is 5.37. The maximum absolute atomic E-state index is 12.6. The lowest BCUT2D eigenvalue weighted by Gasteiger charge is -2.34. The number of nitrogens with one attached hydrogen (secondary N) is 1. The van der Waals surface area contributed by atoms with Gasteiger partial charge in [-0.05, 0) is 42.3 Å². The van der Waals surface area contributed by atoms with Gasteiger partial charge in [-0.1, -0.05) is 24.3 Å². The number of hydrogen-bond donors (Lipinski definition) is 1. The van der Waals surface area contributed by atoms with E-state index in [1.165, 1.54) is 6.92 Å². The fourth-order valence-corrected chi connectivity index (χ4v) is 3.59. The Morgan fingerprint density at radius 3 is 2.29 bits per heavy atom. The minimum Gasteiger partial charge on any atom is -0.454 e. The summed E-state index contributed by atoms with van der Waals surface area (Å²) >= 11 is 0. The van der Waals surface area contributed by atoms with E-state index in [0.717, 1.165) is 43.9 Å². The molecule has 1 aliphatic heterocycles. The van der Waals surface area contributed by atoms with E-state index in [0.29, 0.717) is 11.3 Å². The third-order valence-corrected chi connectivity index (χ3v) is 5.37. The van der Waals surface area contributed by atoms with E-state index < -0.39 is 6.10 Å². The van der Waals surface area contributed by atoms with E-state index in [1.54, 1.807) is 38.1 Å². The molecule has 0 aliphatic carbocycles. The molecular formula is C24H29N3O4. The van der Waals surface area contributed by atoms with Crippen LogP contribution in [0.3, 0.4) is 0 Å². The van der Waals surface area contributed by atoms with Crippen LogP contribution in [0.2, 0.25) is 0 Å². The molecule has 2 aromatic carbocycles. The Kier molecular flexibility index (Phi) is 7.41. The molecule has 0 saturated carbocycles. The van der Waals surface area contributed by atoms with Crippen LogP contribution in [0, 0.1) is 0 Å². The summed E-state index contributed by atoms with van der Waals surface area (Å²) in [5.41, 5.74) is 3.08.